The predicted molar refractivity (Wildman–Crippen MR) is 71.9 cm³/mol. The number of methoxy groups -OCH3 is 1. The third kappa shape index (κ3) is 1.56. The molecule has 3 nitrogen and oxygen atoms in total. The van der Waals surface area contributed by atoms with E-state index < -0.39 is 0 Å². The number of rotatable bonds is 1. The van der Waals surface area contributed by atoms with E-state index >= 15 is 0 Å². The number of carbonyl (C=O) groups excluding carboxylic acids is 1. The molecule has 0 aliphatic carbocycles. The lowest BCUT2D eigenvalue weighted by molar-refractivity contribution is 0.0601. The van der Waals surface area contributed by atoms with Crippen molar-refractivity contribution < 1.29 is 9.53 Å². The molecule has 3 aromatic rings. The van der Waals surface area contributed by atoms with Crippen LogP contribution in [0.3, 0.4) is 0 Å². The Balaban J connectivity index is 2.30. The molecule has 0 atom stereocenters. The van der Waals surface area contributed by atoms with Crippen LogP contribution in [0.5, 0.6) is 0 Å². The second-order valence-electron chi connectivity index (χ2n) is 4.43. The smallest absolute Gasteiger partial charge is 0.337 e. The Kier molecular flexibility index (Phi) is 2.33. The van der Waals surface area contributed by atoms with E-state index in [9.17, 15) is 4.79 Å². The summed E-state index contributed by atoms with van der Waals surface area (Å²) in [6.07, 6.45) is 0. The lowest BCUT2D eigenvalue weighted by atomic mass is 10.1. The Morgan fingerprint density at radius 2 is 1.89 bits per heavy atom. The number of esters is 1. The maximum Gasteiger partial charge on any atom is 0.337 e. The van der Waals surface area contributed by atoms with Gasteiger partial charge in [-0.1, -0.05) is 17.7 Å². The molecule has 3 rings (SSSR count). The van der Waals surface area contributed by atoms with E-state index in [1.165, 1.54) is 18.1 Å². The fraction of sp³-hybridized carbons (Fsp3) is 0.133. The van der Waals surface area contributed by atoms with Gasteiger partial charge in [0, 0.05) is 21.8 Å². The van der Waals surface area contributed by atoms with Gasteiger partial charge in [-0.3, -0.25) is 0 Å². The first-order chi connectivity index (χ1) is 8.69. The van der Waals surface area contributed by atoms with Crippen molar-refractivity contribution in [3.8, 4) is 0 Å². The van der Waals surface area contributed by atoms with Crippen LogP contribution in [-0.4, -0.2) is 18.1 Å². The van der Waals surface area contributed by atoms with Gasteiger partial charge in [0.05, 0.1) is 12.7 Å². The Morgan fingerprint density at radius 1 is 1.06 bits per heavy atom. The molecule has 0 saturated carbocycles. The Morgan fingerprint density at radius 3 is 2.67 bits per heavy atom. The van der Waals surface area contributed by atoms with Gasteiger partial charge in [0.25, 0.3) is 0 Å². The molecule has 0 unspecified atom stereocenters. The molecule has 1 aromatic heterocycles. The van der Waals surface area contributed by atoms with Crippen molar-refractivity contribution in [2.75, 3.05) is 7.11 Å². The van der Waals surface area contributed by atoms with Crippen molar-refractivity contribution in [1.82, 2.24) is 4.98 Å². The highest BCUT2D eigenvalue weighted by Gasteiger charge is 2.09. The van der Waals surface area contributed by atoms with Gasteiger partial charge in [-0.2, -0.15) is 0 Å². The molecule has 3 heteroatoms. The first kappa shape index (κ1) is 10.8. The Hall–Kier alpha value is -2.29. The van der Waals surface area contributed by atoms with Crippen LogP contribution in [-0.2, 0) is 4.74 Å². The molecule has 0 bridgehead atoms. The molecule has 90 valence electrons. The maximum atomic E-state index is 11.5. The van der Waals surface area contributed by atoms with E-state index in [0.29, 0.717) is 5.56 Å². The predicted octanol–water partition coefficient (Wildman–Crippen LogP) is 3.42. The van der Waals surface area contributed by atoms with Crippen LogP contribution >= 0.6 is 0 Å². The van der Waals surface area contributed by atoms with Crippen molar-refractivity contribution in [2.24, 2.45) is 0 Å². The Labute approximate surface area is 104 Å². The maximum absolute atomic E-state index is 11.5. The summed E-state index contributed by atoms with van der Waals surface area (Å²) in [5, 5.41) is 2.31. The highest BCUT2D eigenvalue weighted by Crippen LogP contribution is 2.27. The van der Waals surface area contributed by atoms with Crippen molar-refractivity contribution in [1.29, 1.82) is 0 Å². The molecule has 0 saturated heterocycles. The van der Waals surface area contributed by atoms with Gasteiger partial charge >= 0.3 is 5.97 Å². The van der Waals surface area contributed by atoms with Gasteiger partial charge in [0.15, 0.2) is 0 Å². The fourth-order valence-electron chi connectivity index (χ4n) is 2.26. The number of H-pyrrole nitrogens is 1. The zero-order valence-electron chi connectivity index (χ0n) is 10.3. The minimum Gasteiger partial charge on any atom is -0.465 e. The minimum atomic E-state index is -0.313. The van der Waals surface area contributed by atoms with Crippen LogP contribution in [0, 0.1) is 6.92 Å². The molecule has 1 heterocycles. The van der Waals surface area contributed by atoms with Crippen LogP contribution in [0.15, 0.2) is 36.4 Å². The molecular formula is C15H13NO2. The third-order valence-corrected chi connectivity index (χ3v) is 3.18. The van der Waals surface area contributed by atoms with Crippen LogP contribution in [0.4, 0.5) is 0 Å². The molecule has 0 spiro atoms. The monoisotopic (exact) mass is 239 g/mol. The van der Waals surface area contributed by atoms with E-state index in [1.54, 1.807) is 6.07 Å². The van der Waals surface area contributed by atoms with Crippen LogP contribution in [0.2, 0.25) is 0 Å². The molecular weight excluding hydrogens is 226 g/mol. The number of aromatic amines is 1. The average molecular weight is 239 g/mol. The second-order valence-corrected chi connectivity index (χ2v) is 4.43. The summed E-state index contributed by atoms with van der Waals surface area (Å²) in [5.74, 6) is -0.313. The number of benzene rings is 2. The quantitative estimate of drug-likeness (QED) is 0.661. The lowest BCUT2D eigenvalue weighted by Gasteiger charge is -1.98. The van der Waals surface area contributed by atoms with Crippen molar-refractivity contribution in [3.63, 3.8) is 0 Å². The zero-order valence-corrected chi connectivity index (χ0v) is 10.3. The standard InChI is InChI=1S/C15H13NO2/c1-9-3-6-13-12(7-9)11-5-4-10(15(17)18-2)8-14(11)16-13/h3-8,16H,1-2H3. The van der Waals surface area contributed by atoms with Crippen LogP contribution in [0.25, 0.3) is 21.8 Å². The van der Waals surface area contributed by atoms with E-state index in [0.717, 1.165) is 16.4 Å². The molecule has 0 aliphatic rings. The highest BCUT2D eigenvalue weighted by molar-refractivity contribution is 6.09. The molecule has 0 fully saturated rings. The summed E-state index contributed by atoms with van der Waals surface area (Å²) in [6, 6.07) is 11.9. The van der Waals surface area contributed by atoms with Gasteiger partial charge in [-0.05, 0) is 31.2 Å². The lowest BCUT2D eigenvalue weighted by Crippen LogP contribution is -2.00. The number of aromatic nitrogens is 1. The van der Waals surface area contributed by atoms with Crippen LogP contribution < -0.4 is 0 Å². The summed E-state index contributed by atoms with van der Waals surface area (Å²) < 4.78 is 4.73. The number of aryl methyl sites for hydroxylation is 1. The molecule has 0 radical (unpaired) electrons. The second kappa shape index (κ2) is 3.88. The van der Waals surface area contributed by atoms with Gasteiger partial charge in [0.2, 0.25) is 0 Å². The largest absolute Gasteiger partial charge is 0.465 e. The van der Waals surface area contributed by atoms with E-state index in [-0.39, 0.29) is 5.97 Å². The molecule has 0 aliphatic heterocycles. The first-order valence-corrected chi connectivity index (χ1v) is 5.79. The fourth-order valence-corrected chi connectivity index (χ4v) is 2.26. The average Bonchev–Trinajstić information content (AvgIpc) is 2.74. The van der Waals surface area contributed by atoms with E-state index in [2.05, 4.69) is 30.1 Å². The molecule has 0 amide bonds. The topological polar surface area (TPSA) is 42.1 Å². The van der Waals surface area contributed by atoms with Crippen molar-refractivity contribution >= 4 is 27.8 Å². The van der Waals surface area contributed by atoms with E-state index in [1.807, 2.05) is 12.1 Å². The third-order valence-electron chi connectivity index (χ3n) is 3.18. The number of ether oxygens (including phenoxy) is 1. The SMILES string of the molecule is COC(=O)c1ccc2c(c1)[nH]c1ccc(C)cc12. The minimum absolute atomic E-state index is 0.313. The van der Waals surface area contributed by atoms with Gasteiger partial charge in [-0.25, -0.2) is 4.79 Å². The normalized spacial score (nSPS) is 11.0. The van der Waals surface area contributed by atoms with Gasteiger partial charge < -0.3 is 9.72 Å². The molecule has 2 aromatic carbocycles. The van der Waals surface area contributed by atoms with Crippen molar-refractivity contribution in [2.45, 2.75) is 6.92 Å². The van der Waals surface area contributed by atoms with E-state index in [4.69, 9.17) is 4.74 Å². The van der Waals surface area contributed by atoms with Gasteiger partial charge in [-0.15, -0.1) is 0 Å². The number of nitrogens with one attached hydrogen (secondary N) is 1. The number of hydrogen-bond acceptors (Lipinski definition) is 2. The summed E-state index contributed by atoms with van der Waals surface area (Å²) in [4.78, 5) is 14.8. The summed E-state index contributed by atoms with van der Waals surface area (Å²) in [7, 11) is 1.39. The highest BCUT2D eigenvalue weighted by atomic mass is 16.5. The number of carbonyl (C=O) groups is 1. The summed E-state index contributed by atoms with van der Waals surface area (Å²) in [5.41, 5.74) is 3.82. The number of fused-ring (bicyclic) bond motifs is 3. The van der Waals surface area contributed by atoms with Crippen molar-refractivity contribution in [3.05, 3.63) is 47.5 Å². The zero-order chi connectivity index (χ0) is 12.7. The molecule has 1 N–H and O–H groups in total. The summed E-state index contributed by atoms with van der Waals surface area (Å²) in [6.45, 7) is 2.07. The van der Waals surface area contributed by atoms with Gasteiger partial charge in [0.1, 0.15) is 0 Å². The summed E-state index contributed by atoms with van der Waals surface area (Å²) >= 11 is 0. The number of hydrogen-bond donors (Lipinski definition) is 1. The Bertz CT molecular complexity index is 756. The first-order valence-electron chi connectivity index (χ1n) is 5.79. The molecule has 18 heavy (non-hydrogen) atoms. The van der Waals surface area contributed by atoms with Crippen LogP contribution in [0.1, 0.15) is 15.9 Å².